The Morgan fingerprint density at radius 3 is 2.52 bits per heavy atom. The number of benzene rings is 1. The Bertz CT molecular complexity index is 718. The van der Waals surface area contributed by atoms with Crippen LogP contribution < -0.4 is 5.32 Å². The van der Waals surface area contributed by atoms with Gasteiger partial charge < -0.3 is 10.4 Å². The van der Waals surface area contributed by atoms with Crippen molar-refractivity contribution in [2.45, 2.75) is 50.5 Å². The molecule has 1 aliphatic carbocycles. The fourth-order valence-electron chi connectivity index (χ4n) is 3.54. The predicted octanol–water partition coefficient (Wildman–Crippen LogP) is 4.11. The van der Waals surface area contributed by atoms with E-state index in [9.17, 15) is 14.3 Å². The zero-order valence-electron chi connectivity index (χ0n) is 14.4. The number of aliphatic hydroxyl groups is 1. The molecule has 1 atom stereocenters. The van der Waals surface area contributed by atoms with E-state index in [1.807, 2.05) is 6.07 Å². The van der Waals surface area contributed by atoms with Gasteiger partial charge in [-0.3, -0.25) is 4.79 Å². The van der Waals surface area contributed by atoms with Crippen LogP contribution in [0, 0.1) is 5.82 Å². The van der Waals surface area contributed by atoms with Crippen molar-refractivity contribution in [1.82, 2.24) is 5.32 Å². The molecule has 0 spiro atoms. The minimum Gasteiger partial charge on any atom is -0.388 e. The maximum atomic E-state index is 13.0. The molecule has 5 heteroatoms. The Labute approximate surface area is 151 Å². The van der Waals surface area contributed by atoms with Crippen molar-refractivity contribution >= 4 is 17.2 Å². The summed E-state index contributed by atoms with van der Waals surface area (Å²) < 4.78 is 13.0. The van der Waals surface area contributed by atoms with E-state index in [1.54, 1.807) is 30.4 Å². The summed E-state index contributed by atoms with van der Waals surface area (Å²) in [5.74, 6) is -0.328. The van der Waals surface area contributed by atoms with Crippen molar-refractivity contribution in [3.63, 3.8) is 0 Å². The molecule has 1 saturated carbocycles. The first-order chi connectivity index (χ1) is 12.0. The van der Waals surface area contributed by atoms with Crippen LogP contribution in [0.3, 0.4) is 0 Å². The van der Waals surface area contributed by atoms with Gasteiger partial charge >= 0.3 is 0 Å². The lowest BCUT2D eigenvalue weighted by molar-refractivity contribution is -0.120. The molecule has 3 rings (SSSR count). The zero-order chi connectivity index (χ0) is 17.9. The Kier molecular flexibility index (Phi) is 5.54. The summed E-state index contributed by atoms with van der Waals surface area (Å²) in [5.41, 5.74) is 0.794. The maximum absolute atomic E-state index is 13.0. The van der Waals surface area contributed by atoms with Crippen LogP contribution in [0.15, 0.2) is 36.4 Å². The maximum Gasteiger partial charge on any atom is 0.224 e. The van der Waals surface area contributed by atoms with Gasteiger partial charge in [0.25, 0.3) is 0 Å². The van der Waals surface area contributed by atoms with Crippen LogP contribution in [0.5, 0.6) is 0 Å². The molecule has 2 N–H and O–H groups in total. The predicted molar refractivity (Wildman–Crippen MR) is 98.2 cm³/mol. The number of hydrogen-bond donors (Lipinski definition) is 2. The molecule has 25 heavy (non-hydrogen) atoms. The lowest BCUT2D eigenvalue weighted by Crippen LogP contribution is -2.39. The number of rotatable bonds is 6. The van der Waals surface area contributed by atoms with E-state index in [0.29, 0.717) is 6.54 Å². The minimum absolute atomic E-state index is 0.0176. The van der Waals surface area contributed by atoms with Crippen LogP contribution in [0.2, 0.25) is 0 Å². The second kappa shape index (κ2) is 7.67. The van der Waals surface area contributed by atoms with Crippen LogP contribution in [-0.2, 0) is 16.6 Å². The van der Waals surface area contributed by atoms with Gasteiger partial charge in [0.1, 0.15) is 5.82 Å². The van der Waals surface area contributed by atoms with Gasteiger partial charge in [-0.15, -0.1) is 11.3 Å². The lowest BCUT2D eigenvalue weighted by Gasteiger charge is -2.28. The highest BCUT2D eigenvalue weighted by Crippen LogP contribution is 2.44. The number of halogens is 1. The summed E-state index contributed by atoms with van der Waals surface area (Å²) in [5, 5.41) is 12.9. The molecule has 0 saturated heterocycles. The molecule has 1 aromatic carbocycles. The third-order valence-electron chi connectivity index (χ3n) is 5.02. The Morgan fingerprint density at radius 2 is 1.92 bits per heavy atom. The molecule has 134 valence electrons. The molecule has 1 amide bonds. The Balaban J connectivity index is 1.65. The van der Waals surface area contributed by atoms with E-state index in [4.69, 9.17) is 0 Å². The summed E-state index contributed by atoms with van der Waals surface area (Å²) in [7, 11) is 0. The van der Waals surface area contributed by atoms with E-state index in [0.717, 1.165) is 36.1 Å². The summed E-state index contributed by atoms with van der Waals surface area (Å²) >= 11 is 1.65. The average Bonchev–Trinajstić information content (AvgIpc) is 3.25. The summed E-state index contributed by atoms with van der Waals surface area (Å²) in [6.45, 7) is 2.40. The molecule has 1 unspecified atom stereocenters. The highest BCUT2D eigenvalue weighted by atomic mass is 32.1. The first-order valence-corrected chi connectivity index (χ1v) is 9.60. The summed E-state index contributed by atoms with van der Waals surface area (Å²) in [6, 6.07) is 10.1. The fourth-order valence-corrected chi connectivity index (χ4v) is 4.73. The molecule has 1 heterocycles. The summed E-state index contributed by atoms with van der Waals surface area (Å²) in [4.78, 5) is 14.5. The zero-order valence-corrected chi connectivity index (χ0v) is 15.2. The monoisotopic (exact) mass is 361 g/mol. The minimum atomic E-state index is -0.453. The van der Waals surface area contributed by atoms with E-state index >= 15 is 0 Å². The van der Waals surface area contributed by atoms with Gasteiger partial charge in [0.2, 0.25) is 5.91 Å². The third kappa shape index (κ3) is 4.28. The molecule has 1 aliphatic rings. The van der Waals surface area contributed by atoms with E-state index in [-0.39, 0.29) is 23.6 Å². The van der Waals surface area contributed by atoms with Crippen LogP contribution in [0.1, 0.15) is 54.0 Å². The van der Waals surface area contributed by atoms with E-state index < -0.39 is 6.10 Å². The quantitative estimate of drug-likeness (QED) is 0.813. The number of carbonyl (C=O) groups excluding carboxylic acids is 1. The average molecular weight is 361 g/mol. The number of thiophene rings is 1. The van der Waals surface area contributed by atoms with Gasteiger partial charge in [0.05, 0.1) is 12.5 Å². The standard InChI is InChI=1S/C20H24FNO2S/c1-14(23)17-8-9-18(25-17)20(10-2-3-11-20)13-22-19(24)12-15-4-6-16(21)7-5-15/h4-9,14,23H,2-3,10-13H2,1H3,(H,22,24). The fraction of sp³-hybridized carbons (Fsp3) is 0.450. The molecule has 3 nitrogen and oxygen atoms in total. The van der Waals surface area contributed by atoms with Crippen LogP contribution >= 0.6 is 11.3 Å². The van der Waals surface area contributed by atoms with Gasteiger partial charge in [-0.1, -0.05) is 25.0 Å². The second-order valence-corrected chi connectivity index (χ2v) is 8.06. The van der Waals surface area contributed by atoms with Crippen molar-refractivity contribution in [1.29, 1.82) is 0 Å². The van der Waals surface area contributed by atoms with Crippen molar-refractivity contribution in [3.05, 3.63) is 57.5 Å². The number of nitrogens with one attached hydrogen (secondary N) is 1. The van der Waals surface area contributed by atoms with Gasteiger partial charge in [-0.2, -0.15) is 0 Å². The lowest BCUT2D eigenvalue weighted by atomic mass is 9.84. The molecule has 1 aromatic heterocycles. The number of carbonyl (C=O) groups is 1. The highest BCUT2D eigenvalue weighted by Gasteiger charge is 2.37. The topological polar surface area (TPSA) is 49.3 Å². The molecule has 0 aliphatic heterocycles. The highest BCUT2D eigenvalue weighted by molar-refractivity contribution is 7.12. The number of hydrogen-bond acceptors (Lipinski definition) is 3. The van der Waals surface area contributed by atoms with Gasteiger partial charge in [-0.25, -0.2) is 4.39 Å². The van der Waals surface area contributed by atoms with Crippen molar-refractivity contribution in [2.75, 3.05) is 6.54 Å². The summed E-state index contributed by atoms with van der Waals surface area (Å²) in [6.07, 6.45) is 4.25. The Hall–Kier alpha value is -1.72. The Morgan fingerprint density at radius 1 is 1.24 bits per heavy atom. The third-order valence-corrected chi connectivity index (χ3v) is 6.53. The second-order valence-electron chi connectivity index (χ2n) is 6.95. The van der Waals surface area contributed by atoms with Crippen LogP contribution in [0.25, 0.3) is 0 Å². The number of amides is 1. The smallest absolute Gasteiger partial charge is 0.224 e. The van der Waals surface area contributed by atoms with Crippen molar-refractivity contribution in [2.24, 2.45) is 0 Å². The van der Waals surface area contributed by atoms with Crippen molar-refractivity contribution < 1.29 is 14.3 Å². The van der Waals surface area contributed by atoms with Crippen molar-refractivity contribution in [3.8, 4) is 0 Å². The molecule has 1 fully saturated rings. The normalized spacial score (nSPS) is 17.4. The van der Waals surface area contributed by atoms with E-state index in [2.05, 4.69) is 11.4 Å². The van der Waals surface area contributed by atoms with Crippen LogP contribution in [0.4, 0.5) is 4.39 Å². The number of aliphatic hydroxyl groups excluding tert-OH is 1. The van der Waals surface area contributed by atoms with Crippen LogP contribution in [-0.4, -0.2) is 17.6 Å². The molecular formula is C20H24FNO2S. The molecular weight excluding hydrogens is 337 g/mol. The molecule has 0 radical (unpaired) electrons. The molecule has 0 bridgehead atoms. The molecule has 2 aromatic rings. The van der Waals surface area contributed by atoms with E-state index in [1.165, 1.54) is 17.0 Å². The first-order valence-electron chi connectivity index (χ1n) is 8.78. The van der Waals surface area contributed by atoms with Gasteiger partial charge in [0, 0.05) is 21.7 Å². The van der Waals surface area contributed by atoms with Gasteiger partial charge in [-0.05, 0) is 49.6 Å². The first kappa shape index (κ1) is 18.1. The largest absolute Gasteiger partial charge is 0.388 e. The van der Waals surface area contributed by atoms with Gasteiger partial charge in [0.15, 0.2) is 0 Å². The SMILES string of the molecule is CC(O)c1ccc(C2(CNC(=O)Cc3ccc(F)cc3)CCCC2)s1.